The summed E-state index contributed by atoms with van der Waals surface area (Å²) in [5.74, 6) is 0.106. The Balaban J connectivity index is 0.00000390. The van der Waals surface area contributed by atoms with E-state index in [-0.39, 0.29) is 81.2 Å². The molecule has 0 radical (unpaired) electrons. The fourth-order valence-electron chi connectivity index (χ4n) is 11.1. The van der Waals surface area contributed by atoms with Crippen LogP contribution in [0.2, 0.25) is 0 Å². The van der Waals surface area contributed by atoms with Crippen molar-refractivity contribution in [1.29, 1.82) is 0 Å². The van der Waals surface area contributed by atoms with Gasteiger partial charge in [-0.3, -0.25) is 38.9 Å². The SMILES string of the molecule is C=C(/C=C(\C)C(C)N1CCC(c2ccc(C(=O)CCCC(CCC)CN3CCN(Cc4ccc5c(c4)C4(CC4)C(=O)N5C(C[CH2-])C(N)=O)CC3C)cc2)CC1)/C(=C\C=NC)N(C)/C=C(F)\C(=C/C=O)NC.CC.[K+]. The molecule has 3 N–H and O–H groups in total. The number of piperazine rings is 1. The first kappa shape index (κ1) is 62.7. The summed E-state index contributed by atoms with van der Waals surface area (Å²) in [5, 5.41) is 2.71. The number of anilines is 1. The number of hydrogen-bond acceptors (Lipinski definition) is 10. The Kier molecular flexibility index (Phi) is 25.6. The summed E-state index contributed by atoms with van der Waals surface area (Å²) in [7, 11) is 4.98. The van der Waals surface area contributed by atoms with E-state index in [0.717, 1.165) is 131 Å². The maximum Gasteiger partial charge on any atom is 1.00 e. The van der Waals surface area contributed by atoms with Crippen molar-refractivity contribution in [2.75, 3.05) is 65.3 Å². The predicted octanol–water partition coefficient (Wildman–Crippen LogP) is 6.85. The molecule has 3 aliphatic heterocycles. The van der Waals surface area contributed by atoms with E-state index in [1.807, 2.05) is 32.0 Å². The van der Waals surface area contributed by atoms with Gasteiger partial charge >= 0.3 is 51.4 Å². The quantitative estimate of drug-likeness (QED) is 0.0209. The van der Waals surface area contributed by atoms with Gasteiger partial charge < -0.3 is 27.8 Å². The van der Waals surface area contributed by atoms with Crippen LogP contribution in [0.15, 0.2) is 107 Å². The summed E-state index contributed by atoms with van der Waals surface area (Å²) in [6, 6.07) is 14.6. The van der Waals surface area contributed by atoms with Crippen LogP contribution < -0.4 is 67.3 Å². The van der Waals surface area contributed by atoms with Gasteiger partial charge in [-0.1, -0.05) is 81.8 Å². The molecule has 14 heteroatoms. The molecule has 2 amide bonds. The smallest absolute Gasteiger partial charge is 0.386 e. The molecule has 1 aliphatic carbocycles. The second-order valence-corrected chi connectivity index (χ2v) is 20.4. The van der Waals surface area contributed by atoms with Crippen LogP contribution >= 0.6 is 0 Å². The van der Waals surface area contributed by atoms with Crippen LogP contribution in [0, 0.1) is 12.8 Å². The number of likely N-dealkylation sites (tertiary alicyclic amines) is 1. The Morgan fingerprint density at radius 3 is 2.34 bits per heavy atom. The number of aldehydes is 1. The number of likely N-dealkylation sites (N-methyl/N-ethyl adjacent to an activating group) is 2. The van der Waals surface area contributed by atoms with E-state index in [9.17, 15) is 23.6 Å². The van der Waals surface area contributed by atoms with Crippen LogP contribution in [-0.4, -0.2) is 128 Å². The van der Waals surface area contributed by atoms with Gasteiger partial charge in [0.05, 0.1) is 17.2 Å². The number of aliphatic imine (C=N–C) groups is 1. The van der Waals surface area contributed by atoms with Crippen molar-refractivity contribution in [3.63, 3.8) is 0 Å². The number of primary amides is 1. The van der Waals surface area contributed by atoms with Gasteiger partial charge in [-0.25, -0.2) is 4.39 Å². The number of halogens is 1. The number of nitrogens with zero attached hydrogens (tertiary/aromatic N) is 6. The Hall–Kier alpha value is -3.86. The number of ketones is 1. The number of fused-ring (bicyclic) bond motifs is 2. The van der Waals surface area contributed by atoms with Gasteiger partial charge in [0.25, 0.3) is 0 Å². The van der Waals surface area contributed by atoms with E-state index < -0.39 is 23.2 Å². The molecule has 2 aromatic carbocycles. The van der Waals surface area contributed by atoms with E-state index in [0.29, 0.717) is 36.3 Å². The Morgan fingerprint density at radius 1 is 1.07 bits per heavy atom. The molecule has 2 aromatic rings. The minimum Gasteiger partial charge on any atom is -0.386 e. The van der Waals surface area contributed by atoms with Crippen molar-refractivity contribution in [2.45, 2.75) is 142 Å². The number of Topliss-reactive ketones (excluding diaryl/α,β-unsaturated/α-hetero) is 1. The van der Waals surface area contributed by atoms with Crippen LogP contribution in [-0.2, 0) is 26.3 Å². The van der Waals surface area contributed by atoms with E-state index in [1.54, 1.807) is 43.2 Å². The summed E-state index contributed by atoms with van der Waals surface area (Å²) in [5.41, 5.74) is 13.0. The molecule has 12 nitrogen and oxygen atoms in total. The second-order valence-electron chi connectivity index (χ2n) is 20.4. The Labute approximate surface area is 486 Å². The van der Waals surface area contributed by atoms with Crippen molar-refractivity contribution in [2.24, 2.45) is 16.6 Å². The van der Waals surface area contributed by atoms with Gasteiger partial charge in [0, 0.05) is 108 Å². The molecule has 6 rings (SSSR count). The van der Waals surface area contributed by atoms with Crippen LogP contribution in [0.5, 0.6) is 0 Å². The van der Waals surface area contributed by atoms with Crippen molar-refractivity contribution in [3.8, 4) is 0 Å². The Morgan fingerprint density at radius 2 is 1.76 bits per heavy atom. The number of allylic oxidation sites excluding steroid dienone is 4. The average molecular weight is 1040 g/mol. The molecule has 74 heavy (non-hydrogen) atoms. The van der Waals surface area contributed by atoms with E-state index in [4.69, 9.17) is 5.73 Å². The number of amides is 2. The van der Waals surface area contributed by atoms with Gasteiger partial charge in [-0.2, -0.15) is 6.42 Å². The topological polar surface area (TPSA) is 135 Å². The zero-order chi connectivity index (χ0) is 53.4. The van der Waals surface area contributed by atoms with Crippen LogP contribution in [0.3, 0.4) is 0 Å². The Bertz CT molecular complexity index is 2380. The molecule has 0 aromatic heterocycles. The largest absolute Gasteiger partial charge is 1.00 e. The first-order valence-electron chi connectivity index (χ1n) is 26.9. The molecule has 4 aliphatic rings. The monoisotopic (exact) mass is 1040 g/mol. The van der Waals surface area contributed by atoms with Crippen LogP contribution in [0.4, 0.5) is 10.1 Å². The molecule has 4 atom stereocenters. The molecule has 2 saturated heterocycles. The molecule has 1 saturated carbocycles. The molecule has 1 spiro atoms. The van der Waals surface area contributed by atoms with Crippen molar-refractivity contribution >= 4 is 35.8 Å². The number of piperidine rings is 1. The summed E-state index contributed by atoms with van der Waals surface area (Å²) < 4.78 is 15.0. The second kappa shape index (κ2) is 30.2. The molecule has 0 bridgehead atoms. The van der Waals surface area contributed by atoms with Gasteiger partial charge in [0.15, 0.2) is 11.6 Å². The zero-order valence-electron chi connectivity index (χ0n) is 46.6. The minimum atomic E-state index is -0.723. The molecular weight excluding hydrogens is 955 g/mol. The minimum absolute atomic E-state index is 0. The van der Waals surface area contributed by atoms with Crippen LogP contribution in [0.1, 0.15) is 139 Å². The first-order chi connectivity index (χ1) is 35.1. The average Bonchev–Trinajstić information content (AvgIpc) is 4.17. The van der Waals surface area contributed by atoms with Crippen molar-refractivity contribution < 1.29 is 75.0 Å². The third kappa shape index (κ3) is 15.9. The normalized spacial score (nSPS) is 20.1. The van der Waals surface area contributed by atoms with Crippen LogP contribution in [0.25, 0.3) is 0 Å². The number of carbonyl (C=O) groups excluding carboxylic acids is 4. The number of rotatable bonds is 25. The first-order valence-corrected chi connectivity index (χ1v) is 26.9. The summed E-state index contributed by atoms with van der Waals surface area (Å²) in [4.78, 5) is 65.3. The fraction of sp³-hybridized carbons (Fsp3) is 0.533. The summed E-state index contributed by atoms with van der Waals surface area (Å²) in [6.45, 7) is 27.8. The van der Waals surface area contributed by atoms with E-state index >= 15 is 0 Å². The van der Waals surface area contributed by atoms with Gasteiger partial charge in [0.1, 0.15) is 6.29 Å². The standard InChI is InChI=1S/C58H80FN8O4.C2H6.K/c1-10-13-44(38-66-32-31-64(36-42(66)5)37-45-16-21-54-49(35-45)58(26-27-58)57(71)67(54)52(11-2)56(60)70)14-12-15-55(69)48-19-17-46(18-20-48)47-23-29-65(30-24-47)43(6)40(3)34-41(4)53(22-28-61-7)63(9)39-50(59)51(62-8)25-33-68;1-2;/h16-22,25,28,33-35,39,42-44,47,52,62H,2,4,10-15,23-24,26-27,29-32,36-38H2,1,3,5-9H3,(H2,60,70);1-2H3;/q-1;;+1/b40-34+,50-39+,51-25+,53-22+,61-28?;;. The third-order valence-corrected chi connectivity index (χ3v) is 15.6. The molecule has 4 unspecified atom stereocenters. The fourth-order valence-corrected chi connectivity index (χ4v) is 11.1. The van der Waals surface area contributed by atoms with Gasteiger partial charge in [0.2, 0.25) is 11.8 Å². The third-order valence-electron chi connectivity index (χ3n) is 15.6. The van der Waals surface area contributed by atoms with E-state index in [2.05, 4.69) is 96.5 Å². The number of nitrogens with two attached hydrogens (primary N) is 1. The number of benzene rings is 2. The molecule has 398 valence electrons. The number of carbonyl (C=O) groups is 4. The zero-order valence-corrected chi connectivity index (χ0v) is 49.7. The number of hydrogen-bond donors (Lipinski definition) is 2. The summed E-state index contributed by atoms with van der Waals surface area (Å²) >= 11 is 0. The maximum atomic E-state index is 15.0. The molecule has 3 fully saturated rings. The number of nitrogens with one attached hydrogen (secondary N) is 1. The predicted molar refractivity (Wildman–Crippen MR) is 297 cm³/mol. The van der Waals surface area contributed by atoms with Crippen molar-refractivity contribution in [3.05, 3.63) is 131 Å². The van der Waals surface area contributed by atoms with E-state index in [1.165, 1.54) is 17.3 Å². The van der Waals surface area contributed by atoms with Gasteiger partial charge in [-0.15, -0.1) is 0 Å². The molecule has 3 heterocycles. The van der Waals surface area contributed by atoms with Crippen molar-refractivity contribution in [1.82, 2.24) is 24.9 Å². The summed E-state index contributed by atoms with van der Waals surface area (Å²) in [6.07, 6.45) is 17.2. The molecular formula is C60H86FKN8O4. The maximum absolute atomic E-state index is 15.0. The van der Waals surface area contributed by atoms with Gasteiger partial charge in [-0.05, 0) is 125 Å².